The van der Waals surface area contributed by atoms with E-state index in [2.05, 4.69) is 20.4 Å². The maximum atomic E-state index is 13.6. The van der Waals surface area contributed by atoms with E-state index < -0.39 is 41.1 Å². The maximum Gasteiger partial charge on any atom is 0.419 e. The van der Waals surface area contributed by atoms with Crippen LogP contribution in [0.1, 0.15) is 53.6 Å². The third kappa shape index (κ3) is 8.49. The molecule has 0 radical (unpaired) electrons. The number of halogens is 6. The molecule has 0 fully saturated rings. The van der Waals surface area contributed by atoms with Gasteiger partial charge in [-0.15, -0.1) is 0 Å². The smallest absolute Gasteiger partial charge is 0.419 e. The molecule has 3 aromatic heterocycles. The zero-order valence-corrected chi connectivity index (χ0v) is 31.5. The van der Waals surface area contributed by atoms with Crippen LogP contribution < -0.4 is 11.1 Å². The molecule has 0 bridgehead atoms. The number of H-pyrrole nitrogens is 1. The lowest BCUT2D eigenvalue weighted by Gasteiger charge is -2.21. The summed E-state index contributed by atoms with van der Waals surface area (Å²) in [6.07, 6.45) is -8.52. The number of hydrogen-bond donors (Lipinski definition) is 3. The topological polar surface area (TPSA) is 133 Å². The molecule has 10 nitrogen and oxygen atoms in total. The number of aromatic nitrogens is 5. The van der Waals surface area contributed by atoms with Crippen molar-refractivity contribution in [2.75, 3.05) is 11.1 Å². The van der Waals surface area contributed by atoms with E-state index in [9.17, 15) is 35.9 Å². The summed E-state index contributed by atoms with van der Waals surface area (Å²) in [5, 5.41) is 7.97. The first-order valence-electron chi connectivity index (χ1n) is 17.4. The Balaban J connectivity index is 0.000000193. The zero-order valence-electron chi connectivity index (χ0n) is 31.5. The van der Waals surface area contributed by atoms with Gasteiger partial charge in [0.1, 0.15) is 11.9 Å². The Morgan fingerprint density at radius 1 is 0.789 bits per heavy atom. The number of carbonyl (C=O) groups excluding carboxylic acids is 2. The number of rotatable bonds is 4. The summed E-state index contributed by atoms with van der Waals surface area (Å²) in [5.74, 6) is -0.280. The fraction of sp³-hybridized carbons (Fsp3) is 0.220. The molecule has 16 heteroatoms. The molecule has 0 aliphatic rings. The number of nitrogens with two attached hydrogens (primary N) is 1. The number of ether oxygens (including phenoxy) is 1. The number of nitrogens with one attached hydrogen (secondary N) is 2. The second-order valence-corrected chi connectivity index (χ2v) is 14.3. The highest BCUT2D eigenvalue weighted by Gasteiger charge is 2.36. The minimum absolute atomic E-state index is 0.0681. The molecule has 3 heterocycles. The number of amides is 1. The highest BCUT2D eigenvalue weighted by Crippen LogP contribution is 2.41. The van der Waals surface area contributed by atoms with Crippen molar-refractivity contribution in [2.45, 2.75) is 52.6 Å². The highest BCUT2D eigenvalue weighted by atomic mass is 19.4. The molecule has 0 atom stereocenters. The Morgan fingerprint density at radius 2 is 1.39 bits per heavy atom. The standard InChI is InChI=1S/C21H21F3N2O2.C20H16F3N5O/c1-12-9-13-10-18(14-7-5-6-8-15(14)21(22,23)24)26(17(13)11-16(12)25)19(27)28-20(2,3)4;1-11-7-12-8-17(13-5-3-4-6-14(13)20(21,22)23)26-16(12)9-15(11)27-19(29)18-24-10-25-28(18)2/h5-11H,25H2,1-4H3;3-10,26H,1-2H3,(H,27,29). The lowest BCUT2D eigenvalue weighted by Crippen LogP contribution is -2.27. The number of aryl methyl sites for hydroxylation is 3. The minimum atomic E-state index is -4.57. The van der Waals surface area contributed by atoms with Crippen molar-refractivity contribution in [2.24, 2.45) is 7.05 Å². The minimum Gasteiger partial charge on any atom is -0.443 e. The van der Waals surface area contributed by atoms with Crippen LogP contribution in [0.25, 0.3) is 44.3 Å². The molecule has 296 valence electrons. The Morgan fingerprint density at radius 3 is 1.98 bits per heavy atom. The highest BCUT2D eigenvalue weighted by molar-refractivity contribution is 6.04. The summed E-state index contributed by atoms with van der Waals surface area (Å²) < 4.78 is 88.7. The van der Waals surface area contributed by atoms with Crippen LogP contribution in [0.2, 0.25) is 0 Å². The largest absolute Gasteiger partial charge is 0.443 e. The van der Waals surface area contributed by atoms with E-state index in [4.69, 9.17) is 10.5 Å². The van der Waals surface area contributed by atoms with Gasteiger partial charge in [-0.2, -0.15) is 31.4 Å². The van der Waals surface area contributed by atoms with Crippen LogP contribution in [0.4, 0.5) is 42.5 Å². The number of nitrogen functional groups attached to an aromatic ring is 1. The Hall–Kier alpha value is -6.58. The lowest BCUT2D eigenvalue weighted by atomic mass is 10.0. The average molecular weight is 790 g/mol. The van der Waals surface area contributed by atoms with E-state index in [1.54, 1.807) is 77.2 Å². The molecule has 57 heavy (non-hydrogen) atoms. The SMILES string of the molecule is Cc1cc2cc(-c3ccccc3C(F)(F)F)[nH]c2cc1NC(=O)c1ncnn1C.Cc1cc2cc(-c3ccccc3C(F)(F)F)n(C(=O)OC(C)(C)C)c2cc1N. The van der Waals surface area contributed by atoms with Crippen LogP contribution in [0.3, 0.4) is 0 Å². The van der Waals surface area contributed by atoms with Crippen LogP contribution in [0.15, 0.2) is 91.3 Å². The van der Waals surface area contributed by atoms with E-state index >= 15 is 0 Å². The second kappa shape index (κ2) is 14.8. The monoisotopic (exact) mass is 789 g/mol. The Labute approximate surface area is 322 Å². The van der Waals surface area contributed by atoms with Gasteiger partial charge < -0.3 is 20.8 Å². The summed E-state index contributed by atoms with van der Waals surface area (Å²) in [6.45, 7) is 8.68. The first kappa shape index (κ1) is 40.1. The van der Waals surface area contributed by atoms with Gasteiger partial charge in [0.25, 0.3) is 5.91 Å². The fourth-order valence-corrected chi connectivity index (χ4v) is 6.26. The first-order valence-corrected chi connectivity index (χ1v) is 17.4. The molecule has 0 aliphatic carbocycles. The van der Waals surface area contributed by atoms with Crippen molar-refractivity contribution in [3.05, 3.63) is 119 Å². The molecule has 1 amide bonds. The van der Waals surface area contributed by atoms with Gasteiger partial charge in [0, 0.05) is 51.5 Å². The predicted octanol–water partition coefficient (Wildman–Crippen LogP) is 10.5. The number of benzene rings is 4. The average Bonchev–Trinajstić information content (AvgIpc) is 3.84. The predicted molar refractivity (Wildman–Crippen MR) is 206 cm³/mol. The van der Waals surface area contributed by atoms with E-state index in [-0.39, 0.29) is 22.6 Å². The Kier molecular flexibility index (Phi) is 10.4. The molecule has 0 aliphatic heterocycles. The molecular formula is C41H37F6N7O3. The fourth-order valence-electron chi connectivity index (χ4n) is 6.26. The summed E-state index contributed by atoms with van der Waals surface area (Å²) in [4.78, 5) is 32.2. The van der Waals surface area contributed by atoms with Crippen LogP contribution in [0.5, 0.6) is 0 Å². The van der Waals surface area contributed by atoms with E-state index in [0.29, 0.717) is 33.5 Å². The van der Waals surface area contributed by atoms with Gasteiger partial charge in [0.05, 0.1) is 22.3 Å². The number of hydrogen-bond acceptors (Lipinski definition) is 6. The summed E-state index contributed by atoms with van der Waals surface area (Å²) >= 11 is 0. The van der Waals surface area contributed by atoms with E-state index in [1.807, 2.05) is 6.92 Å². The summed E-state index contributed by atoms with van der Waals surface area (Å²) in [6, 6.07) is 20.6. The van der Waals surface area contributed by atoms with Crippen molar-refractivity contribution < 1.29 is 40.7 Å². The van der Waals surface area contributed by atoms with Crippen LogP contribution in [0, 0.1) is 13.8 Å². The lowest BCUT2D eigenvalue weighted by molar-refractivity contribution is -0.137. The molecule has 0 saturated heterocycles. The van der Waals surface area contributed by atoms with Crippen molar-refractivity contribution in [3.63, 3.8) is 0 Å². The van der Waals surface area contributed by atoms with Crippen molar-refractivity contribution in [1.29, 1.82) is 0 Å². The van der Waals surface area contributed by atoms with Gasteiger partial charge in [-0.1, -0.05) is 36.4 Å². The van der Waals surface area contributed by atoms with Gasteiger partial charge in [0.2, 0.25) is 5.82 Å². The summed E-state index contributed by atoms with van der Waals surface area (Å²) in [5.41, 5.74) is 7.55. The van der Waals surface area contributed by atoms with Crippen LogP contribution >= 0.6 is 0 Å². The molecule has 4 aromatic carbocycles. The molecule has 0 unspecified atom stereocenters. The molecule has 0 spiro atoms. The number of nitrogens with zero attached hydrogens (tertiary/aromatic N) is 4. The first-order chi connectivity index (χ1) is 26.6. The third-order valence-corrected chi connectivity index (χ3v) is 8.92. The molecule has 0 saturated carbocycles. The number of fused-ring (bicyclic) bond motifs is 2. The maximum absolute atomic E-state index is 13.6. The van der Waals surface area contributed by atoms with Gasteiger partial charge >= 0.3 is 18.4 Å². The van der Waals surface area contributed by atoms with Crippen LogP contribution in [-0.2, 0) is 24.1 Å². The number of carbonyl (C=O) groups is 2. The quantitative estimate of drug-likeness (QED) is 0.120. The van der Waals surface area contributed by atoms with Crippen molar-refractivity contribution in [3.8, 4) is 22.5 Å². The van der Waals surface area contributed by atoms with E-state index in [1.165, 1.54) is 41.3 Å². The van der Waals surface area contributed by atoms with Gasteiger partial charge in [-0.05, 0) is 94.3 Å². The second-order valence-electron chi connectivity index (χ2n) is 14.3. The van der Waals surface area contributed by atoms with Crippen LogP contribution in [-0.4, -0.2) is 41.9 Å². The number of aromatic amines is 1. The van der Waals surface area contributed by atoms with Crippen molar-refractivity contribution >= 4 is 45.2 Å². The number of alkyl halides is 6. The van der Waals surface area contributed by atoms with Gasteiger partial charge in [-0.25, -0.2) is 19.0 Å². The molecule has 7 rings (SSSR count). The van der Waals surface area contributed by atoms with Gasteiger partial charge in [0.15, 0.2) is 0 Å². The molecule has 7 aromatic rings. The molecule has 4 N–H and O–H groups in total. The summed E-state index contributed by atoms with van der Waals surface area (Å²) in [7, 11) is 1.60. The van der Waals surface area contributed by atoms with E-state index in [0.717, 1.165) is 33.2 Å². The van der Waals surface area contributed by atoms with Crippen molar-refractivity contribution in [1.82, 2.24) is 24.3 Å². The normalized spacial score (nSPS) is 12.1. The van der Waals surface area contributed by atoms with Gasteiger partial charge in [-0.3, -0.25) is 4.79 Å². The Bertz CT molecular complexity index is 2650. The molecular weight excluding hydrogens is 752 g/mol. The third-order valence-electron chi connectivity index (χ3n) is 8.92. The number of anilines is 2. The zero-order chi connectivity index (χ0) is 41.6.